The largest absolute Gasteiger partial charge is 0.506 e. The van der Waals surface area contributed by atoms with Crippen molar-refractivity contribution in [3.63, 3.8) is 0 Å². The normalized spacial score (nSPS) is 11.7. The summed E-state index contributed by atoms with van der Waals surface area (Å²) in [7, 11) is 0. The Labute approximate surface area is 130 Å². The number of nitrogens with zero attached hydrogens (tertiary/aromatic N) is 1. The fourth-order valence-electron chi connectivity index (χ4n) is 1.75. The molecule has 2 rings (SSSR count). The summed E-state index contributed by atoms with van der Waals surface area (Å²) in [5.41, 5.74) is 0.787. The van der Waals surface area contributed by atoms with E-state index >= 15 is 0 Å². The molecule has 0 atom stereocenters. The van der Waals surface area contributed by atoms with Crippen LogP contribution in [0.1, 0.15) is 26.5 Å². The molecule has 1 aromatic heterocycles. The van der Waals surface area contributed by atoms with Crippen molar-refractivity contribution < 1.29 is 5.11 Å². The maximum Gasteiger partial charge on any atom is 0.265 e. The molecule has 1 heterocycles. The van der Waals surface area contributed by atoms with Crippen LogP contribution in [0.2, 0.25) is 5.02 Å². The van der Waals surface area contributed by atoms with Crippen LogP contribution in [0.25, 0.3) is 11.4 Å². The highest BCUT2D eigenvalue weighted by Crippen LogP contribution is 2.30. The molecule has 0 saturated carbocycles. The number of benzene rings is 1. The highest BCUT2D eigenvalue weighted by Gasteiger charge is 2.22. The Morgan fingerprint density at radius 3 is 2.55 bits per heavy atom. The van der Waals surface area contributed by atoms with Gasteiger partial charge in [-0.15, -0.1) is 0 Å². The molecule has 0 unspecified atom stereocenters. The van der Waals surface area contributed by atoms with E-state index < -0.39 is 0 Å². The molecular weight excluding hydrogens is 344 g/mol. The predicted molar refractivity (Wildman–Crippen MR) is 83.4 cm³/mol. The Hall–Kier alpha value is -1.33. The number of aromatic hydroxyl groups is 1. The van der Waals surface area contributed by atoms with Gasteiger partial charge < -0.3 is 10.1 Å². The van der Waals surface area contributed by atoms with E-state index in [2.05, 4.69) is 25.9 Å². The lowest BCUT2D eigenvalue weighted by molar-refractivity contribution is 0.475. The molecule has 2 aromatic rings. The van der Waals surface area contributed by atoms with E-state index in [1.165, 1.54) is 6.07 Å². The van der Waals surface area contributed by atoms with E-state index in [1.807, 2.05) is 20.8 Å². The number of hydrogen-bond donors (Lipinski definition) is 2. The molecular formula is C14H14BrClN2O2. The summed E-state index contributed by atoms with van der Waals surface area (Å²) in [6, 6.07) is 4.69. The van der Waals surface area contributed by atoms with Crippen molar-refractivity contribution in [1.82, 2.24) is 9.97 Å². The monoisotopic (exact) mass is 356 g/mol. The molecule has 0 spiro atoms. The third kappa shape index (κ3) is 2.88. The molecule has 4 nitrogen and oxygen atoms in total. The first-order valence-electron chi connectivity index (χ1n) is 5.99. The quantitative estimate of drug-likeness (QED) is 0.814. The zero-order chi connectivity index (χ0) is 15.1. The number of nitrogens with one attached hydrogen (secondary N) is 1. The summed E-state index contributed by atoms with van der Waals surface area (Å²) in [5.74, 6) is 0.413. The van der Waals surface area contributed by atoms with Crippen LogP contribution in [0, 0.1) is 0 Å². The van der Waals surface area contributed by atoms with Crippen LogP contribution in [-0.2, 0) is 5.41 Å². The van der Waals surface area contributed by atoms with E-state index in [0.29, 0.717) is 21.6 Å². The molecule has 0 aliphatic heterocycles. The van der Waals surface area contributed by atoms with Crippen LogP contribution in [0.5, 0.6) is 5.75 Å². The molecule has 106 valence electrons. The van der Waals surface area contributed by atoms with Gasteiger partial charge in [0.1, 0.15) is 16.0 Å². The van der Waals surface area contributed by atoms with Gasteiger partial charge in [-0.05, 0) is 34.1 Å². The second-order valence-corrected chi connectivity index (χ2v) is 6.69. The highest BCUT2D eigenvalue weighted by molar-refractivity contribution is 9.10. The lowest BCUT2D eigenvalue weighted by Crippen LogP contribution is -2.22. The van der Waals surface area contributed by atoms with Gasteiger partial charge in [0.2, 0.25) is 0 Å². The summed E-state index contributed by atoms with van der Waals surface area (Å²) in [5, 5.41) is 9.65. The van der Waals surface area contributed by atoms with Crippen LogP contribution in [-0.4, -0.2) is 15.1 Å². The molecule has 0 saturated heterocycles. The van der Waals surface area contributed by atoms with Crippen LogP contribution in [0.3, 0.4) is 0 Å². The van der Waals surface area contributed by atoms with E-state index in [-0.39, 0.29) is 21.7 Å². The minimum Gasteiger partial charge on any atom is -0.506 e. The Balaban J connectivity index is 2.67. The fourth-order valence-corrected chi connectivity index (χ4v) is 2.71. The zero-order valence-corrected chi connectivity index (χ0v) is 13.6. The molecule has 20 heavy (non-hydrogen) atoms. The lowest BCUT2D eigenvalue weighted by atomic mass is 9.92. The van der Waals surface area contributed by atoms with Gasteiger partial charge in [0, 0.05) is 11.0 Å². The molecule has 0 fully saturated rings. The van der Waals surface area contributed by atoms with Gasteiger partial charge in [-0.2, -0.15) is 0 Å². The van der Waals surface area contributed by atoms with Gasteiger partial charge in [0.15, 0.2) is 0 Å². The van der Waals surface area contributed by atoms with Crippen molar-refractivity contribution in [2.45, 2.75) is 26.2 Å². The maximum absolute atomic E-state index is 12.0. The smallest absolute Gasteiger partial charge is 0.265 e. The SMILES string of the molecule is CC(C)(C)c1nc(-c2ccc(O)c(Cl)c2)[nH]c(=O)c1Br. The second-order valence-electron chi connectivity index (χ2n) is 5.49. The Morgan fingerprint density at radius 2 is 2.00 bits per heavy atom. The molecule has 0 bridgehead atoms. The average molecular weight is 358 g/mol. The van der Waals surface area contributed by atoms with Gasteiger partial charge in [0.25, 0.3) is 5.56 Å². The van der Waals surface area contributed by atoms with Crippen molar-refractivity contribution in [2.75, 3.05) is 0 Å². The molecule has 1 aromatic carbocycles. The van der Waals surface area contributed by atoms with E-state index in [4.69, 9.17) is 11.6 Å². The topological polar surface area (TPSA) is 66.0 Å². The van der Waals surface area contributed by atoms with Gasteiger partial charge in [-0.1, -0.05) is 32.4 Å². The number of aromatic nitrogens is 2. The van der Waals surface area contributed by atoms with Crippen LogP contribution in [0.15, 0.2) is 27.5 Å². The second kappa shape index (κ2) is 5.22. The van der Waals surface area contributed by atoms with Crippen molar-refractivity contribution in [3.8, 4) is 17.1 Å². The molecule has 0 aliphatic carbocycles. The molecule has 6 heteroatoms. The van der Waals surface area contributed by atoms with E-state index in [0.717, 1.165) is 0 Å². The van der Waals surface area contributed by atoms with Gasteiger partial charge in [0.05, 0.1) is 10.7 Å². The predicted octanol–water partition coefficient (Wildman–Crippen LogP) is 3.86. The van der Waals surface area contributed by atoms with Gasteiger partial charge in [-0.25, -0.2) is 4.98 Å². The molecule has 0 aliphatic rings. The number of H-pyrrole nitrogens is 1. The first-order chi connectivity index (χ1) is 9.20. The highest BCUT2D eigenvalue weighted by atomic mass is 79.9. The number of hydrogen-bond acceptors (Lipinski definition) is 3. The Morgan fingerprint density at radius 1 is 1.35 bits per heavy atom. The zero-order valence-electron chi connectivity index (χ0n) is 11.3. The minimum absolute atomic E-state index is 0.00841. The minimum atomic E-state index is -0.275. The summed E-state index contributed by atoms with van der Waals surface area (Å²) in [6.45, 7) is 5.94. The summed E-state index contributed by atoms with van der Waals surface area (Å²) < 4.78 is 0.429. The summed E-state index contributed by atoms with van der Waals surface area (Å²) >= 11 is 9.16. The third-order valence-electron chi connectivity index (χ3n) is 2.79. The van der Waals surface area contributed by atoms with Crippen LogP contribution in [0.4, 0.5) is 0 Å². The molecule has 2 N–H and O–H groups in total. The average Bonchev–Trinajstić information content (AvgIpc) is 2.34. The van der Waals surface area contributed by atoms with Crippen molar-refractivity contribution in [3.05, 3.63) is 43.7 Å². The first kappa shape index (κ1) is 15.1. The molecule has 0 radical (unpaired) electrons. The number of rotatable bonds is 1. The number of phenolic OH excluding ortho intramolecular Hbond substituents is 1. The Kier molecular flexibility index (Phi) is 3.93. The lowest BCUT2D eigenvalue weighted by Gasteiger charge is -2.19. The van der Waals surface area contributed by atoms with Crippen molar-refractivity contribution in [1.29, 1.82) is 0 Å². The first-order valence-corrected chi connectivity index (χ1v) is 7.16. The molecule has 0 amide bonds. The fraction of sp³-hybridized carbons (Fsp3) is 0.286. The van der Waals surface area contributed by atoms with Crippen molar-refractivity contribution >= 4 is 27.5 Å². The summed E-state index contributed by atoms with van der Waals surface area (Å²) in [4.78, 5) is 19.2. The van der Waals surface area contributed by atoms with E-state index in [1.54, 1.807) is 12.1 Å². The number of halogens is 2. The van der Waals surface area contributed by atoms with E-state index in [9.17, 15) is 9.90 Å². The number of phenols is 1. The van der Waals surface area contributed by atoms with Crippen LogP contribution >= 0.6 is 27.5 Å². The van der Waals surface area contributed by atoms with Gasteiger partial charge in [-0.3, -0.25) is 4.79 Å². The number of aromatic amines is 1. The standard InChI is InChI=1S/C14H14BrClN2O2/c1-14(2,3)11-10(15)13(20)18-12(17-11)7-4-5-9(19)8(16)6-7/h4-6,19H,1-3H3,(H,17,18,20). The maximum atomic E-state index is 12.0. The summed E-state index contributed by atoms with van der Waals surface area (Å²) in [6.07, 6.45) is 0. The third-order valence-corrected chi connectivity index (χ3v) is 3.83. The van der Waals surface area contributed by atoms with Crippen LogP contribution < -0.4 is 5.56 Å². The Bertz CT molecular complexity index is 720. The van der Waals surface area contributed by atoms with Crippen molar-refractivity contribution in [2.24, 2.45) is 0 Å². The van der Waals surface area contributed by atoms with Gasteiger partial charge >= 0.3 is 0 Å².